The number of fused-ring (bicyclic) bond motifs is 3. The van der Waals surface area contributed by atoms with Gasteiger partial charge in [-0.15, -0.1) is 0 Å². The number of aliphatic hydroxyl groups excluding tert-OH is 1. The zero-order chi connectivity index (χ0) is 31.5. The summed E-state index contributed by atoms with van der Waals surface area (Å²) in [6.45, 7) is 16.3. The van der Waals surface area contributed by atoms with E-state index in [2.05, 4.69) is 72.5 Å². The SMILES string of the molecule is CCC(C)(CC)C(=O)/C=C(\O)C(C)(CC)CC.Cc1[c-]c(-c2nccc3c2oc2c[c]([Ge]([CH3])([CH3])[CH3])ccc23)cc(C)c1.[Ir]. The van der Waals surface area contributed by atoms with Crippen LogP contribution in [-0.4, -0.2) is 29.1 Å². The van der Waals surface area contributed by atoms with E-state index < -0.39 is 13.3 Å². The van der Waals surface area contributed by atoms with Crippen molar-refractivity contribution in [3.63, 3.8) is 0 Å². The third-order valence-corrected chi connectivity index (χ3v) is 13.5. The van der Waals surface area contributed by atoms with Crippen LogP contribution in [0.15, 0.2) is 58.8 Å². The van der Waals surface area contributed by atoms with Gasteiger partial charge in [-0.1, -0.05) is 41.5 Å². The number of pyridine rings is 1. The molecule has 4 aromatic rings. The number of aromatic nitrogens is 1. The average molecular weight is 822 g/mol. The molecule has 0 unspecified atom stereocenters. The molecule has 0 spiro atoms. The Labute approximate surface area is 275 Å². The molecular formula is C37H50GeIrNO3-. The molecule has 2 aromatic carbocycles. The summed E-state index contributed by atoms with van der Waals surface area (Å²) in [5.41, 5.74) is 5.42. The number of rotatable bonds is 9. The van der Waals surface area contributed by atoms with Crippen LogP contribution in [0.4, 0.5) is 0 Å². The van der Waals surface area contributed by atoms with Crippen LogP contribution in [0.1, 0.15) is 78.4 Å². The van der Waals surface area contributed by atoms with Gasteiger partial charge >= 0.3 is 151 Å². The van der Waals surface area contributed by atoms with Gasteiger partial charge in [-0.25, -0.2) is 0 Å². The number of aryl methyl sites for hydroxylation is 2. The molecule has 0 fully saturated rings. The van der Waals surface area contributed by atoms with E-state index in [-0.39, 0.29) is 42.5 Å². The minimum atomic E-state index is -1.89. The Balaban J connectivity index is 0.000000318. The van der Waals surface area contributed by atoms with Crippen LogP contribution in [0, 0.1) is 30.7 Å². The maximum Gasteiger partial charge on any atom is 0 e. The average Bonchev–Trinajstić information content (AvgIpc) is 3.33. The predicted molar refractivity (Wildman–Crippen MR) is 181 cm³/mol. The van der Waals surface area contributed by atoms with Crippen LogP contribution in [0.2, 0.25) is 17.3 Å². The molecule has 4 rings (SSSR count). The second-order valence-electron chi connectivity index (χ2n) is 13.3. The summed E-state index contributed by atoms with van der Waals surface area (Å²) in [5, 5.41) is 12.4. The number of furan rings is 1. The number of benzene rings is 2. The first kappa shape index (κ1) is 37.0. The Kier molecular flexibility index (Phi) is 12.7. The topological polar surface area (TPSA) is 63.3 Å². The van der Waals surface area contributed by atoms with Crippen molar-refractivity contribution in [2.24, 2.45) is 10.8 Å². The summed E-state index contributed by atoms with van der Waals surface area (Å²) in [4.78, 5) is 16.8. The van der Waals surface area contributed by atoms with E-state index in [1.54, 1.807) is 0 Å². The molecule has 6 heteroatoms. The van der Waals surface area contributed by atoms with E-state index in [9.17, 15) is 9.90 Å². The Morgan fingerprint density at radius 3 is 2.07 bits per heavy atom. The molecule has 0 saturated carbocycles. The van der Waals surface area contributed by atoms with Gasteiger partial charge in [-0.2, -0.15) is 0 Å². The van der Waals surface area contributed by atoms with E-state index in [0.717, 1.165) is 59.1 Å². The monoisotopic (exact) mass is 823 g/mol. The fourth-order valence-electron chi connectivity index (χ4n) is 5.07. The molecule has 4 nitrogen and oxygen atoms in total. The van der Waals surface area contributed by atoms with Crippen LogP contribution in [-0.2, 0) is 24.9 Å². The Bertz CT molecular complexity index is 1570. The van der Waals surface area contributed by atoms with E-state index in [1.165, 1.54) is 21.4 Å². The summed E-state index contributed by atoms with van der Waals surface area (Å²) in [6.07, 6.45) is 6.62. The van der Waals surface area contributed by atoms with Crippen molar-refractivity contribution in [3.05, 3.63) is 71.6 Å². The molecule has 0 atom stereocenters. The Hall–Kier alpha value is -2.21. The number of hydrogen-bond acceptors (Lipinski definition) is 4. The van der Waals surface area contributed by atoms with Crippen LogP contribution in [0.3, 0.4) is 0 Å². The minimum absolute atomic E-state index is 0. The summed E-state index contributed by atoms with van der Waals surface area (Å²) in [5.74, 6) is 7.50. The first-order valence-electron chi connectivity index (χ1n) is 15.4. The molecule has 1 N–H and O–H groups in total. The van der Waals surface area contributed by atoms with E-state index >= 15 is 0 Å². The van der Waals surface area contributed by atoms with Crippen molar-refractivity contribution in [2.45, 2.75) is 98.3 Å². The van der Waals surface area contributed by atoms with E-state index in [0.29, 0.717) is 0 Å². The summed E-state index contributed by atoms with van der Waals surface area (Å²) in [6, 6.07) is 16.5. The number of carbonyl (C=O) groups is 1. The van der Waals surface area contributed by atoms with Gasteiger partial charge < -0.3 is 5.11 Å². The van der Waals surface area contributed by atoms with Gasteiger partial charge in [0.05, 0.1) is 0 Å². The van der Waals surface area contributed by atoms with E-state index in [4.69, 9.17) is 4.42 Å². The van der Waals surface area contributed by atoms with Crippen LogP contribution in [0.25, 0.3) is 33.2 Å². The second kappa shape index (κ2) is 14.7. The van der Waals surface area contributed by atoms with Gasteiger partial charge in [0.25, 0.3) is 0 Å². The first-order valence-corrected chi connectivity index (χ1v) is 22.7. The molecule has 0 saturated heterocycles. The quantitative estimate of drug-likeness (QED) is 0.0791. The number of ketones is 1. The molecule has 2 heterocycles. The fraction of sp³-hybridized carbons (Fsp3) is 0.459. The number of aliphatic hydroxyl groups is 1. The number of allylic oxidation sites excluding steroid dienone is 2. The largest absolute Gasteiger partial charge is 0 e. The fourth-order valence-corrected chi connectivity index (χ4v) is 7.47. The maximum absolute atomic E-state index is 12.2. The molecule has 0 aliphatic heterocycles. The van der Waals surface area contributed by atoms with E-state index in [1.807, 2.05) is 53.8 Å². The molecule has 0 aliphatic carbocycles. The number of carbonyl (C=O) groups excluding carboxylic acids is 1. The molecule has 1 radical (unpaired) electrons. The molecule has 2 aromatic heterocycles. The number of hydrogen-bond donors (Lipinski definition) is 1. The van der Waals surface area contributed by atoms with Gasteiger partial charge in [-0.3, -0.25) is 4.79 Å². The third-order valence-electron chi connectivity index (χ3n) is 9.26. The van der Waals surface area contributed by atoms with Gasteiger partial charge in [0.15, 0.2) is 5.78 Å². The molecule has 235 valence electrons. The third kappa shape index (κ3) is 8.29. The van der Waals surface area contributed by atoms with Crippen molar-refractivity contribution in [2.75, 3.05) is 0 Å². The zero-order valence-corrected chi connectivity index (χ0v) is 32.5. The van der Waals surface area contributed by atoms with Crippen molar-refractivity contribution < 1.29 is 34.4 Å². The zero-order valence-electron chi connectivity index (χ0n) is 28.0. The molecular weight excluding hydrogens is 771 g/mol. The molecule has 0 aliphatic rings. The Morgan fingerprint density at radius 2 is 1.53 bits per heavy atom. The first-order chi connectivity index (χ1) is 19.6. The maximum atomic E-state index is 12.2. The van der Waals surface area contributed by atoms with Crippen molar-refractivity contribution in [1.29, 1.82) is 0 Å². The Morgan fingerprint density at radius 1 is 0.930 bits per heavy atom. The second-order valence-corrected chi connectivity index (χ2v) is 23.9. The molecule has 0 bridgehead atoms. The number of nitrogens with zero attached hydrogens (tertiary/aromatic N) is 1. The predicted octanol–water partition coefficient (Wildman–Crippen LogP) is 10.3. The smallest absolute Gasteiger partial charge is 0 e. The standard InChI is InChI=1S/C22H22GeNO.C15H28O2.Ir/c1-14-10-15(2)12-16(11-14)21-22-19(8-9-24-21)18-7-6-17(23(3,4)5)13-20(18)25-22;1-7-14(5,8-2)12(16)11-13(17)15(6,9-3)10-4;/h6-11,13H,1-5H3;11,16H,7-10H2,1-6H3;/q-1;;/b;12-11-;. The summed E-state index contributed by atoms with van der Waals surface area (Å²) >= 11 is -1.89. The van der Waals surface area contributed by atoms with Gasteiger partial charge in [-0.05, 0) is 25.7 Å². The normalized spacial score (nSPS) is 12.6. The van der Waals surface area contributed by atoms with Crippen molar-refractivity contribution in [1.82, 2.24) is 4.98 Å². The molecule has 0 amide bonds. The van der Waals surface area contributed by atoms with Gasteiger partial charge in [0.1, 0.15) is 5.76 Å². The minimum Gasteiger partial charge on any atom is 0 e. The van der Waals surface area contributed by atoms with Crippen molar-refractivity contribution >= 4 is 45.4 Å². The van der Waals surface area contributed by atoms with Gasteiger partial charge in [0, 0.05) is 37.0 Å². The summed E-state index contributed by atoms with van der Waals surface area (Å²) < 4.78 is 7.76. The molecule has 43 heavy (non-hydrogen) atoms. The van der Waals surface area contributed by atoms with Crippen LogP contribution >= 0.6 is 0 Å². The van der Waals surface area contributed by atoms with Gasteiger partial charge in [0.2, 0.25) is 0 Å². The summed E-state index contributed by atoms with van der Waals surface area (Å²) in [7, 11) is 0. The van der Waals surface area contributed by atoms with Crippen molar-refractivity contribution in [3.8, 4) is 11.3 Å². The van der Waals surface area contributed by atoms with Crippen LogP contribution in [0.5, 0.6) is 0 Å². The van der Waals surface area contributed by atoms with Crippen LogP contribution < -0.4 is 4.40 Å².